The van der Waals surface area contributed by atoms with Gasteiger partial charge in [-0.3, -0.25) is 4.98 Å². The summed E-state index contributed by atoms with van der Waals surface area (Å²) in [5, 5.41) is 3.49. The van der Waals surface area contributed by atoms with Gasteiger partial charge in [0.1, 0.15) is 5.82 Å². The van der Waals surface area contributed by atoms with E-state index >= 15 is 0 Å². The summed E-state index contributed by atoms with van der Waals surface area (Å²) in [4.78, 5) is 4.36. The fraction of sp³-hybridized carbons (Fsp3) is 0.353. The molecule has 1 aromatic heterocycles. The number of nitrogens with one attached hydrogen (secondary N) is 1. The minimum atomic E-state index is -0.159. The van der Waals surface area contributed by atoms with Crippen LogP contribution in [0.15, 0.2) is 47.1 Å². The van der Waals surface area contributed by atoms with E-state index in [9.17, 15) is 4.39 Å². The lowest BCUT2D eigenvalue weighted by Crippen LogP contribution is -2.34. The summed E-state index contributed by atoms with van der Waals surface area (Å²) >= 11 is 3.29. The lowest BCUT2D eigenvalue weighted by atomic mass is 10.0. The van der Waals surface area contributed by atoms with Crippen molar-refractivity contribution in [2.24, 2.45) is 0 Å². The maximum absolute atomic E-state index is 14.0. The Bertz CT molecular complexity index is 560. The van der Waals surface area contributed by atoms with Crippen LogP contribution in [0.4, 0.5) is 4.39 Å². The Hall–Kier alpha value is -1.26. The molecule has 0 bridgehead atoms. The van der Waals surface area contributed by atoms with Gasteiger partial charge in [-0.25, -0.2) is 4.39 Å². The van der Waals surface area contributed by atoms with E-state index in [1.165, 1.54) is 6.07 Å². The number of hydrogen-bond acceptors (Lipinski definition) is 2. The van der Waals surface area contributed by atoms with E-state index in [0.29, 0.717) is 6.42 Å². The molecular weight excluding hydrogens is 331 g/mol. The fourth-order valence-electron chi connectivity index (χ4n) is 2.29. The Balaban J connectivity index is 2.08. The van der Waals surface area contributed by atoms with Crippen LogP contribution in [0.2, 0.25) is 0 Å². The van der Waals surface area contributed by atoms with E-state index in [0.717, 1.165) is 35.1 Å². The molecule has 21 heavy (non-hydrogen) atoms. The van der Waals surface area contributed by atoms with Crippen molar-refractivity contribution in [1.82, 2.24) is 10.3 Å². The molecule has 0 spiro atoms. The zero-order chi connectivity index (χ0) is 15.1. The predicted octanol–water partition coefficient (Wildman–Crippen LogP) is 4.14. The predicted molar refractivity (Wildman–Crippen MR) is 87.8 cm³/mol. The third kappa shape index (κ3) is 5.21. The van der Waals surface area contributed by atoms with Gasteiger partial charge in [0.05, 0.1) is 0 Å². The molecule has 0 aliphatic carbocycles. The van der Waals surface area contributed by atoms with Crippen molar-refractivity contribution < 1.29 is 4.39 Å². The van der Waals surface area contributed by atoms with Crippen LogP contribution in [0, 0.1) is 5.82 Å². The van der Waals surface area contributed by atoms with Crippen LogP contribution >= 0.6 is 15.9 Å². The summed E-state index contributed by atoms with van der Waals surface area (Å²) in [5.41, 5.74) is 1.77. The van der Waals surface area contributed by atoms with E-state index in [1.54, 1.807) is 6.20 Å². The molecule has 2 nitrogen and oxygen atoms in total. The van der Waals surface area contributed by atoms with Gasteiger partial charge in [-0.05, 0) is 49.2 Å². The molecule has 1 aromatic carbocycles. The fourth-order valence-corrected chi connectivity index (χ4v) is 2.62. The first-order valence-corrected chi connectivity index (χ1v) is 8.05. The molecular formula is C17H20BrFN2. The van der Waals surface area contributed by atoms with Crippen molar-refractivity contribution in [3.05, 3.63) is 64.1 Å². The minimum Gasteiger partial charge on any atom is -0.313 e. The molecule has 1 unspecified atom stereocenters. The van der Waals surface area contributed by atoms with Crippen molar-refractivity contribution in [3.8, 4) is 0 Å². The smallest absolute Gasteiger partial charge is 0.127 e. The molecule has 112 valence electrons. The number of halogens is 2. The molecule has 0 saturated carbocycles. The second-order valence-electron chi connectivity index (χ2n) is 5.12. The van der Waals surface area contributed by atoms with Crippen molar-refractivity contribution in [3.63, 3.8) is 0 Å². The summed E-state index contributed by atoms with van der Waals surface area (Å²) in [6.45, 7) is 3.06. The Kier molecular flexibility index (Phi) is 6.33. The van der Waals surface area contributed by atoms with E-state index in [4.69, 9.17) is 0 Å². The zero-order valence-electron chi connectivity index (χ0n) is 12.2. The Morgan fingerprint density at radius 2 is 2.10 bits per heavy atom. The van der Waals surface area contributed by atoms with E-state index in [1.807, 2.05) is 30.3 Å². The number of aromatic nitrogens is 1. The molecule has 0 radical (unpaired) electrons. The number of hydrogen-bond donors (Lipinski definition) is 1. The van der Waals surface area contributed by atoms with Crippen LogP contribution < -0.4 is 5.32 Å². The molecule has 0 amide bonds. The third-order valence-electron chi connectivity index (χ3n) is 3.35. The van der Waals surface area contributed by atoms with Crippen LogP contribution in [-0.2, 0) is 12.8 Å². The number of pyridine rings is 1. The van der Waals surface area contributed by atoms with Crippen LogP contribution in [0.25, 0.3) is 0 Å². The van der Waals surface area contributed by atoms with Gasteiger partial charge < -0.3 is 5.32 Å². The van der Waals surface area contributed by atoms with Gasteiger partial charge in [0.15, 0.2) is 0 Å². The van der Waals surface area contributed by atoms with Crippen LogP contribution in [0.3, 0.4) is 0 Å². The molecule has 1 heterocycles. The normalized spacial score (nSPS) is 12.3. The van der Waals surface area contributed by atoms with E-state index in [-0.39, 0.29) is 11.9 Å². The maximum atomic E-state index is 14.0. The zero-order valence-corrected chi connectivity index (χ0v) is 13.7. The molecule has 2 rings (SSSR count). The Labute approximate surface area is 133 Å². The molecule has 1 atom stereocenters. The second-order valence-corrected chi connectivity index (χ2v) is 6.03. The first kappa shape index (κ1) is 16.1. The highest BCUT2D eigenvalue weighted by Crippen LogP contribution is 2.17. The SMILES string of the molecule is CCCNC(Cc1ccccn1)Cc1ccc(Br)cc1F. The van der Waals surface area contributed by atoms with Gasteiger partial charge in [-0.1, -0.05) is 35.0 Å². The van der Waals surface area contributed by atoms with Gasteiger partial charge in [-0.2, -0.15) is 0 Å². The summed E-state index contributed by atoms with van der Waals surface area (Å²) in [6, 6.07) is 11.3. The van der Waals surface area contributed by atoms with Crippen molar-refractivity contribution in [2.45, 2.75) is 32.2 Å². The van der Waals surface area contributed by atoms with Crippen LogP contribution in [0.5, 0.6) is 0 Å². The summed E-state index contributed by atoms with van der Waals surface area (Å²) in [7, 11) is 0. The Morgan fingerprint density at radius 1 is 1.24 bits per heavy atom. The molecule has 1 N–H and O–H groups in total. The topological polar surface area (TPSA) is 24.9 Å². The number of rotatable bonds is 7. The first-order valence-electron chi connectivity index (χ1n) is 7.26. The molecule has 4 heteroatoms. The van der Waals surface area contributed by atoms with E-state index < -0.39 is 0 Å². The largest absolute Gasteiger partial charge is 0.313 e. The monoisotopic (exact) mass is 350 g/mol. The van der Waals surface area contributed by atoms with Gasteiger partial charge in [0.2, 0.25) is 0 Å². The number of benzene rings is 1. The highest BCUT2D eigenvalue weighted by atomic mass is 79.9. The van der Waals surface area contributed by atoms with E-state index in [2.05, 4.69) is 33.2 Å². The highest BCUT2D eigenvalue weighted by Gasteiger charge is 2.13. The average Bonchev–Trinajstić information content (AvgIpc) is 2.48. The van der Waals surface area contributed by atoms with Gasteiger partial charge in [0, 0.05) is 28.8 Å². The number of nitrogens with zero attached hydrogens (tertiary/aromatic N) is 1. The van der Waals surface area contributed by atoms with Gasteiger partial charge >= 0.3 is 0 Å². The first-order chi connectivity index (χ1) is 10.2. The quantitative estimate of drug-likeness (QED) is 0.811. The second kappa shape index (κ2) is 8.25. The van der Waals surface area contributed by atoms with Crippen molar-refractivity contribution >= 4 is 15.9 Å². The summed E-state index contributed by atoms with van der Waals surface area (Å²) in [6.07, 6.45) is 4.32. The lowest BCUT2D eigenvalue weighted by molar-refractivity contribution is 0.488. The van der Waals surface area contributed by atoms with Gasteiger partial charge in [-0.15, -0.1) is 0 Å². The summed E-state index contributed by atoms with van der Waals surface area (Å²) in [5.74, 6) is -0.159. The molecule has 0 aliphatic rings. The van der Waals surface area contributed by atoms with Gasteiger partial charge in [0.25, 0.3) is 0 Å². The van der Waals surface area contributed by atoms with Crippen molar-refractivity contribution in [1.29, 1.82) is 0 Å². The van der Waals surface area contributed by atoms with Crippen molar-refractivity contribution in [2.75, 3.05) is 6.54 Å². The standard InChI is InChI=1S/C17H20BrFN2/c1-2-8-20-16(12-15-5-3-4-9-21-15)10-13-6-7-14(18)11-17(13)19/h3-7,9,11,16,20H,2,8,10,12H2,1H3. The third-order valence-corrected chi connectivity index (χ3v) is 3.84. The maximum Gasteiger partial charge on any atom is 0.127 e. The molecule has 0 fully saturated rings. The minimum absolute atomic E-state index is 0.159. The van der Waals surface area contributed by atoms with Crippen LogP contribution in [-0.4, -0.2) is 17.6 Å². The highest BCUT2D eigenvalue weighted by molar-refractivity contribution is 9.10. The lowest BCUT2D eigenvalue weighted by Gasteiger charge is -2.19. The molecule has 0 aliphatic heterocycles. The Morgan fingerprint density at radius 3 is 2.76 bits per heavy atom. The van der Waals surface area contributed by atoms with Crippen LogP contribution in [0.1, 0.15) is 24.6 Å². The summed E-state index contributed by atoms with van der Waals surface area (Å²) < 4.78 is 14.8. The molecule has 2 aromatic rings. The molecule has 0 saturated heterocycles. The average molecular weight is 351 g/mol.